The fourth-order valence-corrected chi connectivity index (χ4v) is 2.59. The fraction of sp³-hybridized carbons (Fsp3) is 0.438. The maximum atomic E-state index is 14.2. The third kappa shape index (κ3) is 4.97. The molecule has 138 valence electrons. The Bertz CT molecular complexity index is 639. The van der Waals surface area contributed by atoms with Gasteiger partial charge in [0.05, 0.1) is 13.2 Å². The van der Waals surface area contributed by atoms with E-state index in [0.29, 0.717) is 0 Å². The standard InChI is InChI=1S/C16H18BrF2NO5/c1-4-24-14(22)16(20-9(3)21,15(23)25-5-2)8-11-12(18)6-10(17)7-13(11)19/h6-7H,4-5,8H2,1-3H3,(H,20,21). The fourth-order valence-electron chi connectivity index (χ4n) is 2.19. The minimum atomic E-state index is -2.40. The number of rotatable bonds is 7. The van der Waals surface area contributed by atoms with Gasteiger partial charge in [0.1, 0.15) is 11.6 Å². The van der Waals surface area contributed by atoms with Gasteiger partial charge in [-0.1, -0.05) is 15.9 Å². The van der Waals surface area contributed by atoms with Gasteiger partial charge in [-0.05, 0) is 26.0 Å². The van der Waals surface area contributed by atoms with E-state index in [0.717, 1.165) is 19.1 Å². The van der Waals surface area contributed by atoms with Gasteiger partial charge < -0.3 is 14.8 Å². The molecule has 0 fully saturated rings. The van der Waals surface area contributed by atoms with Crippen LogP contribution in [0.5, 0.6) is 0 Å². The summed E-state index contributed by atoms with van der Waals surface area (Å²) >= 11 is 2.94. The first kappa shape index (κ1) is 21.0. The van der Waals surface area contributed by atoms with Gasteiger partial charge in [-0.25, -0.2) is 18.4 Å². The molecule has 0 atom stereocenters. The van der Waals surface area contributed by atoms with E-state index in [1.54, 1.807) is 0 Å². The van der Waals surface area contributed by atoms with E-state index >= 15 is 0 Å². The first-order chi connectivity index (χ1) is 11.7. The van der Waals surface area contributed by atoms with Crippen LogP contribution in [-0.4, -0.2) is 36.6 Å². The zero-order valence-corrected chi connectivity index (χ0v) is 15.5. The first-order valence-corrected chi connectivity index (χ1v) is 8.23. The number of amides is 1. The largest absolute Gasteiger partial charge is 0.464 e. The molecule has 0 radical (unpaired) electrons. The summed E-state index contributed by atoms with van der Waals surface area (Å²) in [5.41, 5.74) is -2.95. The van der Waals surface area contributed by atoms with Crippen LogP contribution in [0.3, 0.4) is 0 Å². The highest BCUT2D eigenvalue weighted by Crippen LogP contribution is 2.25. The van der Waals surface area contributed by atoms with Crippen LogP contribution in [0.4, 0.5) is 8.78 Å². The zero-order valence-electron chi connectivity index (χ0n) is 14.0. The monoisotopic (exact) mass is 421 g/mol. The molecule has 1 rings (SSSR count). The van der Waals surface area contributed by atoms with Crippen molar-refractivity contribution >= 4 is 33.8 Å². The Labute approximate surface area is 152 Å². The average Bonchev–Trinajstić information content (AvgIpc) is 2.49. The molecule has 0 bridgehead atoms. The summed E-state index contributed by atoms with van der Waals surface area (Å²) in [6.45, 7) is 3.82. The molecule has 1 aromatic rings. The number of halogens is 3. The topological polar surface area (TPSA) is 81.7 Å². The molecule has 1 N–H and O–H groups in total. The molecule has 0 aliphatic rings. The number of carbonyl (C=O) groups is 3. The molecule has 9 heteroatoms. The molecular weight excluding hydrogens is 404 g/mol. The lowest BCUT2D eigenvalue weighted by molar-refractivity contribution is -0.168. The summed E-state index contributed by atoms with van der Waals surface area (Å²) in [5.74, 6) is -5.07. The molecule has 0 aromatic heterocycles. The van der Waals surface area contributed by atoms with E-state index in [1.807, 2.05) is 0 Å². The second-order valence-corrected chi connectivity index (χ2v) is 5.97. The van der Waals surface area contributed by atoms with E-state index < -0.39 is 47.0 Å². The van der Waals surface area contributed by atoms with E-state index in [-0.39, 0.29) is 17.7 Å². The Morgan fingerprint density at radius 3 is 1.88 bits per heavy atom. The molecular formula is C16H18BrF2NO5. The van der Waals surface area contributed by atoms with Gasteiger partial charge in [0.2, 0.25) is 11.4 Å². The molecule has 1 amide bonds. The number of esters is 2. The smallest absolute Gasteiger partial charge is 0.344 e. The normalized spacial score (nSPS) is 11.0. The van der Waals surface area contributed by atoms with Gasteiger partial charge in [0.25, 0.3) is 0 Å². The Hall–Kier alpha value is -2.03. The van der Waals surface area contributed by atoms with Crippen molar-refractivity contribution in [3.05, 3.63) is 33.8 Å². The number of hydrogen-bond donors (Lipinski definition) is 1. The molecule has 25 heavy (non-hydrogen) atoms. The lowest BCUT2D eigenvalue weighted by Crippen LogP contribution is -2.62. The quantitative estimate of drug-likeness (QED) is 0.539. The van der Waals surface area contributed by atoms with Crippen LogP contribution in [0.25, 0.3) is 0 Å². The van der Waals surface area contributed by atoms with E-state index in [2.05, 4.69) is 21.2 Å². The number of carbonyl (C=O) groups excluding carboxylic acids is 3. The molecule has 0 heterocycles. The van der Waals surface area contributed by atoms with Crippen LogP contribution in [-0.2, 0) is 30.3 Å². The van der Waals surface area contributed by atoms with Crippen LogP contribution in [0.15, 0.2) is 16.6 Å². The first-order valence-electron chi connectivity index (χ1n) is 7.44. The summed E-state index contributed by atoms with van der Waals surface area (Å²) in [6, 6.07) is 1.96. The van der Waals surface area contributed by atoms with Gasteiger partial charge in [-0.2, -0.15) is 0 Å². The summed E-state index contributed by atoms with van der Waals surface area (Å²) in [4.78, 5) is 36.4. The highest BCUT2D eigenvalue weighted by Gasteiger charge is 2.51. The minimum absolute atomic E-state index is 0.106. The summed E-state index contributed by atoms with van der Waals surface area (Å²) < 4.78 is 38.2. The molecule has 0 aliphatic carbocycles. The number of benzene rings is 1. The Kier molecular flexibility index (Phi) is 7.47. The summed E-state index contributed by atoms with van der Waals surface area (Å²) in [6.07, 6.45) is -0.796. The molecule has 1 aromatic carbocycles. The van der Waals surface area contributed by atoms with Gasteiger partial charge in [-0.15, -0.1) is 0 Å². The van der Waals surface area contributed by atoms with Crippen LogP contribution in [0, 0.1) is 11.6 Å². The molecule has 0 spiro atoms. The van der Waals surface area contributed by atoms with Crippen LogP contribution in [0.1, 0.15) is 26.3 Å². The van der Waals surface area contributed by atoms with Gasteiger partial charge in [0.15, 0.2) is 0 Å². The lowest BCUT2D eigenvalue weighted by atomic mass is 9.89. The maximum Gasteiger partial charge on any atom is 0.344 e. The van der Waals surface area contributed by atoms with Gasteiger partial charge >= 0.3 is 11.9 Å². The van der Waals surface area contributed by atoms with Gasteiger partial charge in [-0.3, -0.25) is 4.79 Å². The van der Waals surface area contributed by atoms with E-state index in [9.17, 15) is 23.2 Å². The van der Waals surface area contributed by atoms with Crippen LogP contribution >= 0.6 is 15.9 Å². The van der Waals surface area contributed by atoms with Crippen molar-refractivity contribution in [2.24, 2.45) is 0 Å². The van der Waals surface area contributed by atoms with Crippen molar-refractivity contribution in [3.8, 4) is 0 Å². The van der Waals surface area contributed by atoms with Crippen molar-refractivity contribution in [1.29, 1.82) is 0 Å². The Morgan fingerprint density at radius 2 is 1.52 bits per heavy atom. The number of hydrogen-bond acceptors (Lipinski definition) is 5. The lowest BCUT2D eigenvalue weighted by Gasteiger charge is -2.30. The maximum absolute atomic E-state index is 14.2. The predicted molar refractivity (Wildman–Crippen MR) is 87.6 cm³/mol. The van der Waals surface area contributed by atoms with Crippen molar-refractivity contribution < 1.29 is 32.6 Å². The Balaban J connectivity index is 3.50. The van der Waals surface area contributed by atoms with Crippen LogP contribution < -0.4 is 5.32 Å². The molecule has 0 saturated heterocycles. The summed E-state index contributed by atoms with van der Waals surface area (Å²) in [7, 11) is 0. The predicted octanol–water partition coefficient (Wildman–Crippen LogP) is 2.27. The highest BCUT2D eigenvalue weighted by atomic mass is 79.9. The minimum Gasteiger partial charge on any atom is -0.464 e. The van der Waals surface area contributed by atoms with E-state index in [1.165, 1.54) is 13.8 Å². The van der Waals surface area contributed by atoms with Gasteiger partial charge in [0, 0.05) is 23.4 Å². The molecule has 0 aliphatic heterocycles. The zero-order chi connectivity index (χ0) is 19.2. The van der Waals surface area contributed by atoms with Crippen LogP contribution in [0.2, 0.25) is 0 Å². The van der Waals surface area contributed by atoms with Crippen molar-refractivity contribution in [2.75, 3.05) is 13.2 Å². The Morgan fingerprint density at radius 1 is 1.08 bits per heavy atom. The molecule has 0 unspecified atom stereocenters. The molecule has 0 saturated carbocycles. The van der Waals surface area contributed by atoms with Crippen molar-refractivity contribution in [3.63, 3.8) is 0 Å². The third-order valence-corrected chi connectivity index (χ3v) is 3.64. The third-order valence-electron chi connectivity index (χ3n) is 3.18. The number of nitrogens with one attached hydrogen (secondary N) is 1. The summed E-state index contributed by atoms with van der Waals surface area (Å²) in [5, 5.41) is 2.15. The van der Waals surface area contributed by atoms with Crippen molar-refractivity contribution in [2.45, 2.75) is 32.7 Å². The van der Waals surface area contributed by atoms with E-state index in [4.69, 9.17) is 9.47 Å². The second-order valence-electron chi connectivity index (χ2n) is 5.05. The van der Waals surface area contributed by atoms with Crippen molar-refractivity contribution in [1.82, 2.24) is 5.32 Å². The highest BCUT2D eigenvalue weighted by molar-refractivity contribution is 9.10. The second kappa shape index (κ2) is 8.89. The number of ether oxygens (including phenoxy) is 2. The average molecular weight is 422 g/mol. The molecule has 6 nitrogen and oxygen atoms in total. The SMILES string of the molecule is CCOC(=O)C(Cc1c(F)cc(Br)cc1F)(NC(C)=O)C(=O)OCC.